The van der Waals surface area contributed by atoms with Crippen molar-refractivity contribution in [2.24, 2.45) is 5.16 Å². The number of hydrogen-bond donors (Lipinski definition) is 1. The summed E-state index contributed by atoms with van der Waals surface area (Å²) in [7, 11) is 1.30. The number of oxime groups is 1. The van der Waals surface area contributed by atoms with Crippen molar-refractivity contribution in [1.29, 1.82) is 0 Å². The molecule has 39 heavy (non-hydrogen) atoms. The summed E-state index contributed by atoms with van der Waals surface area (Å²) in [6.07, 6.45) is -0.838. The van der Waals surface area contributed by atoms with Gasteiger partial charge in [0.1, 0.15) is 36.2 Å². The molecule has 2 aliphatic rings. The first-order valence-electron chi connectivity index (χ1n) is 11.2. The molecule has 18 heteroatoms. The third kappa shape index (κ3) is 6.68. The number of aromatic nitrogens is 3. The number of thiazole rings is 1. The number of hydrogen-bond acceptors (Lipinski definition) is 16. The first kappa shape index (κ1) is 28.8. The predicted octanol–water partition coefficient (Wildman–Crippen LogP) is 1.85. The van der Waals surface area contributed by atoms with Gasteiger partial charge in [0.05, 0.1) is 12.1 Å². The second kappa shape index (κ2) is 13.2. The summed E-state index contributed by atoms with van der Waals surface area (Å²) in [5, 5.41) is 7.46. The van der Waals surface area contributed by atoms with Gasteiger partial charge in [0.2, 0.25) is 6.29 Å². The highest BCUT2D eigenvalue weighted by Crippen LogP contribution is 2.42. The summed E-state index contributed by atoms with van der Waals surface area (Å²) < 4.78 is 19.6. The third-order valence-corrected chi connectivity index (χ3v) is 8.92. The molecule has 1 N–H and O–H groups in total. The van der Waals surface area contributed by atoms with E-state index in [1.54, 1.807) is 12.3 Å². The molecule has 2 amide bonds. The minimum absolute atomic E-state index is 0.0239. The van der Waals surface area contributed by atoms with E-state index in [2.05, 4.69) is 24.8 Å². The summed E-state index contributed by atoms with van der Waals surface area (Å²) in [6, 6.07) is -0.934. The van der Waals surface area contributed by atoms with Gasteiger partial charge < -0.3 is 24.4 Å². The van der Waals surface area contributed by atoms with Crippen molar-refractivity contribution >= 4 is 76.0 Å². The predicted molar refractivity (Wildman–Crippen MR) is 142 cm³/mol. The number of thioether (sulfide) groups is 2. The van der Waals surface area contributed by atoms with Gasteiger partial charge in [0.15, 0.2) is 10.1 Å². The molecule has 3 atom stereocenters. The first-order valence-corrected chi connectivity index (χ1v) is 15.0. The fraction of sp³-hybridized carbons (Fsp3) is 0.429. The normalized spacial score (nSPS) is 19.5. The number of rotatable bonds is 11. The fourth-order valence-corrected chi connectivity index (χ4v) is 6.98. The molecule has 2 aromatic rings. The van der Waals surface area contributed by atoms with Gasteiger partial charge in [-0.05, 0) is 24.0 Å². The molecule has 2 aromatic heterocycles. The standard InChI is InChI=1S/C21H22N6O8S4/c1-4-33-21(31)35-10(2)34-19(30)15-11(6-38-20-22-8-24-39-20)5-37-18-14(17(29)27(15)18)25-16(28)13(26-32-3)12-7-36-9-23-12/h7-10,14,18H,4-6H2,1-3H3,(H,25,28)/t10?,14?,18-/m0/s1. The molecule has 0 radical (unpaired) electrons. The number of ether oxygens (including phenoxy) is 3. The number of amides is 2. The summed E-state index contributed by atoms with van der Waals surface area (Å²) in [5.41, 5.74) is 2.40. The Bertz CT molecular complexity index is 1270. The van der Waals surface area contributed by atoms with Gasteiger partial charge in [-0.25, -0.2) is 19.6 Å². The van der Waals surface area contributed by atoms with Gasteiger partial charge in [0, 0.05) is 23.8 Å². The van der Waals surface area contributed by atoms with Crippen LogP contribution >= 0.6 is 46.4 Å². The van der Waals surface area contributed by atoms with Crippen molar-refractivity contribution in [2.75, 3.05) is 25.2 Å². The molecule has 208 valence electrons. The molecule has 2 unspecified atom stereocenters. The molecule has 2 aliphatic heterocycles. The van der Waals surface area contributed by atoms with Crippen LogP contribution in [0.4, 0.5) is 4.79 Å². The van der Waals surface area contributed by atoms with Crippen LogP contribution in [0.5, 0.6) is 0 Å². The number of β-lactam (4-membered cyclic amide) rings is 1. The average Bonchev–Trinajstić information content (AvgIpc) is 3.63. The van der Waals surface area contributed by atoms with E-state index in [1.807, 2.05) is 0 Å². The Kier molecular flexibility index (Phi) is 9.76. The SMILES string of the molecule is CCOC(=O)OC(C)OC(=O)C1=C(CSc2ncns2)CS[C@H]2C(NC(=O)C(=NOC)c3cscn3)C(=O)N12. The Morgan fingerprint density at radius 1 is 1.31 bits per heavy atom. The maximum absolute atomic E-state index is 13.3. The van der Waals surface area contributed by atoms with E-state index in [9.17, 15) is 19.2 Å². The van der Waals surface area contributed by atoms with Crippen molar-refractivity contribution in [2.45, 2.75) is 35.9 Å². The minimum atomic E-state index is -1.27. The molecule has 0 aromatic carbocycles. The lowest BCUT2D eigenvalue weighted by Gasteiger charge is -2.49. The molecule has 14 nitrogen and oxygen atoms in total. The largest absolute Gasteiger partial charge is 0.511 e. The summed E-state index contributed by atoms with van der Waals surface area (Å²) in [4.78, 5) is 65.4. The Balaban J connectivity index is 1.52. The van der Waals surface area contributed by atoms with Gasteiger partial charge in [0.25, 0.3) is 11.8 Å². The Labute approximate surface area is 238 Å². The Hall–Kier alpha value is -3.22. The molecule has 0 spiro atoms. The van der Waals surface area contributed by atoms with E-state index in [0.717, 1.165) is 0 Å². The first-order chi connectivity index (χ1) is 18.8. The zero-order valence-electron chi connectivity index (χ0n) is 20.7. The van der Waals surface area contributed by atoms with Crippen LogP contribution in [-0.2, 0) is 33.4 Å². The van der Waals surface area contributed by atoms with E-state index in [-0.39, 0.29) is 18.0 Å². The maximum Gasteiger partial charge on any atom is 0.511 e. The maximum atomic E-state index is 13.3. The molecule has 0 saturated carbocycles. The number of esters is 1. The van der Waals surface area contributed by atoms with Crippen molar-refractivity contribution in [1.82, 2.24) is 24.6 Å². The number of fused-ring (bicyclic) bond motifs is 1. The highest BCUT2D eigenvalue weighted by atomic mass is 32.2. The average molecular weight is 615 g/mol. The van der Waals surface area contributed by atoms with Gasteiger partial charge in [-0.15, -0.1) is 23.1 Å². The minimum Gasteiger partial charge on any atom is -0.435 e. The van der Waals surface area contributed by atoms with Crippen LogP contribution in [0.1, 0.15) is 19.5 Å². The number of nitrogens with one attached hydrogen (secondary N) is 1. The van der Waals surface area contributed by atoms with Gasteiger partial charge in [-0.3, -0.25) is 14.5 Å². The van der Waals surface area contributed by atoms with E-state index >= 15 is 0 Å². The third-order valence-electron chi connectivity index (χ3n) is 5.11. The number of carbonyl (C=O) groups is 4. The van der Waals surface area contributed by atoms with Gasteiger partial charge >= 0.3 is 12.1 Å². The number of carbonyl (C=O) groups excluding carboxylic acids is 4. The molecular formula is C21H22N6O8S4. The number of nitrogens with zero attached hydrogens (tertiary/aromatic N) is 5. The Morgan fingerprint density at radius 2 is 2.13 bits per heavy atom. The van der Waals surface area contributed by atoms with Gasteiger partial charge in [-0.1, -0.05) is 16.9 Å². The fourth-order valence-electron chi connectivity index (χ4n) is 3.51. The molecule has 1 fully saturated rings. The van der Waals surface area contributed by atoms with E-state index in [4.69, 9.17) is 19.0 Å². The van der Waals surface area contributed by atoms with Crippen LogP contribution in [0.3, 0.4) is 0 Å². The molecule has 4 heterocycles. The van der Waals surface area contributed by atoms with E-state index < -0.39 is 41.6 Å². The van der Waals surface area contributed by atoms with Crippen LogP contribution in [0.25, 0.3) is 0 Å². The topological polar surface area (TPSA) is 172 Å². The van der Waals surface area contributed by atoms with Crippen LogP contribution in [0.2, 0.25) is 0 Å². The second-order valence-corrected chi connectivity index (χ2v) is 11.4. The van der Waals surface area contributed by atoms with Crippen LogP contribution in [0.15, 0.2) is 38.0 Å². The lowest BCUT2D eigenvalue weighted by Crippen LogP contribution is -2.71. The lowest BCUT2D eigenvalue weighted by atomic mass is 10.0. The second-order valence-electron chi connectivity index (χ2n) is 7.58. The summed E-state index contributed by atoms with van der Waals surface area (Å²) in [6.45, 7) is 3.05. The highest BCUT2D eigenvalue weighted by molar-refractivity contribution is 8.01. The Morgan fingerprint density at radius 3 is 2.79 bits per heavy atom. The zero-order valence-corrected chi connectivity index (χ0v) is 24.0. The van der Waals surface area contributed by atoms with E-state index in [0.29, 0.717) is 27.1 Å². The van der Waals surface area contributed by atoms with Crippen molar-refractivity contribution in [3.8, 4) is 0 Å². The molecule has 0 aliphatic carbocycles. The zero-order chi connectivity index (χ0) is 27.9. The van der Waals surface area contributed by atoms with Crippen molar-refractivity contribution in [3.05, 3.63) is 34.2 Å². The van der Waals surface area contributed by atoms with Crippen LogP contribution < -0.4 is 5.32 Å². The van der Waals surface area contributed by atoms with Crippen molar-refractivity contribution < 1.29 is 38.2 Å². The smallest absolute Gasteiger partial charge is 0.435 e. The lowest BCUT2D eigenvalue weighted by molar-refractivity contribution is -0.168. The monoisotopic (exact) mass is 614 g/mol. The molecule has 1 saturated heterocycles. The summed E-state index contributed by atoms with van der Waals surface area (Å²) in [5.74, 6) is -1.31. The highest BCUT2D eigenvalue weighted by Gasteiger charge is 2.55. The molecular weight excluding hydrogens is 593 g/mol. The van der Waals surface area contributed by atoms with Crippen LogP contribution in [-0.4, -0.2) is 91.8 Å². The summed E-state index contributed by atoms with van der Waals surface area (Å²) >= 11 is 5.21. The van der Waals surface area contributed by atoms with Crippen molar-refractivity contribution in [3.63, 3.8) is 0 Å². The van der Waals surface area contributed by atoms with Crippen LogP contribution in [0, 0.1) is 0 Å². The molecule has 4 rings (SSSR count). The molecule has 0 bridgehead atoms. The van der Waals surface area contributed by atoms with Gasteiger partial charge in [-0.2, -0.15) is 4.37 Å². The van der Waals surface area contributed by atoms with E-state index in [1.165, 1.54) is 77.2 Å². The quantitative estimate of drug-likeness (QED) is 0.0972.